The van der Waals surface area contributed by atoms with Gasteiger partial charge in [0.25, 0.3) is 0 Å². The fraction of sp³-hybridized carbons (Fsp3) is 0.846. The van der Waals surface area contributed by atoms with Gasteiger partial charge in [-0.1, -0.05) is 13.8 Å². The predicted octanol–water partition coefficient (Wildman–Crippen LogP) is 1.93. The van der Waals surface area contributed by atoms with E-state index in [1.807, 2.05) is 18.7 Å². The van der Waals surface area contributed by atoms with Gasteiger partial charge >= 0.3 is 12.0 Å². The van der Waals surface area contributed by atoms with Gasteiger partial charge in [-0.2, -0.15) is 0 Å². The van der Waals surface area contributed by atoms with Crippen molar-refractivity contribution in [2.24, 2.45) is 11.8 Å². The van der Waals surface area contributed by atoms with Gasteiger partial charge in [0.1, 0.15) is 0 Å². The van der Waals surface area contributed by atoms with Crippen LogP contribution in [0.2, 0.25) is 0 Å². The van der Waals surface area contributed by atoms with Crippen molar-refractivity contribution in [2.75, 3.05) is 13.1 Å². The van der Waals surface area contributed by atoms with Crippen LogP contribution in [0.1, 0.15) is 40.0 Å². The Morgan fingerprint density at radius 2 is 2.11 bits per heavy atom. The van der Waals surface area contributed by atoms with Crippen molar-refractivity contribution in [1.82, 2.24) is 10.2 Å². The summed E-state index contributed by atoms with van der Waals surface area (Å²) in [5.41, 5.74) is 0. The van der Waals surface area contributed by atoms with Gasteiger partial charge in [-0.05, 0) is 32.1 Å². The summed E-state index contributed by atoms with van der Waals surface area (Å²) in [5.74, 6) is -0.683. The number of carbonyl (C=O) groups is 2. The number of rotatable bonds is 4. The molecule has 1 heterocycles. The SMILES string of the molecule is CCC(CNC(=O)N1CCC(C)CC1C)C(=O)O. The van der Waals surface area contributed by atoms with Crippen molar-refractivity contribution >= 4 is 12.0 Å². The molecule has 0 aromatic carbocycles. The minimum atomic E-state index is -0.849. The van der Waals surface area contributed by atoms with Crippen molar-refractivity contribution < 1.29 is 14.7 Å². The van der Waals surface area contributed by atoms with Crippen LogP contribution in [0, 0.1) is 11.8 Å². The van der Waals surface area contributed by atoms with Gasteiger partial charge < -0.3 is 15.3 Å². The molecular weight excluding hydrogens is 232 g/mol. The molecule has 5 heteroatoms. The molecule has 3 unspecified atom stereocenters. The number of carbonyl (C=O) groups excluding carboxylic acids is 1. The third-order valence-electron chi connectivity index (χ3n) is 3.74. The van der Waals surface area contributed by atoms with E-state index in [1.54, 1.807) is 0 Å². The van der Waals surface area contributed by atoms with Crippen molar-refractivity contribution in [2.45, 2.75) is 46.1 Å². The van der Waals surface area contributed by atoms with E-state index in [0.717, 1.165) is 19.4 Å². The number of hydrogen-bond acceptors (Lipinski definition) is 2. The van der Waals surface area contributed by atoms with Gasteiger partial charge in [0, 0.05) is 19.1 Å². The number of carboxylic acid groups (broad SMARTS) is 1. The molecule has 0 aliphatic carbocycles. The summed E-state index contributed by atoms with van der Waals surface area (Å²) in [7, 11) is 0. The molecule has 18 heavy (non-hydrogen) atoms. The Morgan fingerprint density at radius 1 is 1.44 bits per heavy atom. The van der Waals surface area contributed by atoms with Crippen LogP contribution in [-0.4, -0.2) is 41.1 Å². The third kappa shape index (κ3) is 3.89. The van der Waals surface area contributed by atoms with E-state index in [2.05, 4.69) is 12.2 Å². The molecule has 1 saturated heterocycles. The van der Waals surface area contributed by atoms with E-state index in [0.29, 0.717) is 12.3 Å². The Morgan fingerprint density at radius 3 is 2.61 bits per heavy atom. The second kappa shape index (κ2) is 6.61. The second-order valence-electron chi connectivity index (χ2n) is 5.30. The molecule has 5 nitrogen and oxygen atoms in total. The zero-order valence-corrected chi connectivity index (χ0v) is 11.5. The van der Waals surface area contributed by atoms with E-state index >= 15 is 0 Å². The molecule has 0 aromatic rings. The molecule has 0 aromatic heterocycles. The van der Waals surface area contributed by atoms with E-state index in [-0.39, 0.29) is 18.6 Å². The third-order valence-corrected chi connectivity index (χ3v) is 3.74. The largest absolute Gasteiger partial charge is 0.481 e. The number of hydrogen-bond donors (Lipinski definition) is 2. The molecule has 1 aliphatic heterocycles. The Labute approximate surface area is 109 Å². The van der Waals surface area contributed by atoms with Crippen LogP contribution in [0.4, 0.5) is 4.79 Å². The second-order valence-corrected chi connectivity index (χ2v) is 5.30. The van der Waals surface area contributed by atoms with Crippen LogP contribution in [0.25, 0.3) is 0 Å². The number of aliphatic carboxylic acids is 1. The molecular formula is C13H24N2O3. The smallest absolute Gasteiger partial charge is 0.317 e. The molecule has 2 amide bonds. The molecule has 0 saturated carbocycles. The number of piperidine rings is 1. The number of nitrogens with zero attached hydrogens (tertiary/aromatic N) is 1. The standard InChI is InChI=1S/C13H24N2O3/c1-4-11(12(16)17)8-14-13(18)15-6-5-9(2)7-10(15)3/h9-11H,4-8H2,1-3H3,(H,14,18)(H,16,17). The monoisotopic (exact) mass is 256 g/mol. The fourth-order valence-electron chi connectivity index (χ4n) is 2.43. The van der Waals surface area contributed by atoms with Crippen LogP contribution in [-0.2, 0) is 4.79 Å². The zero-order chi connectivity index (χ0) is 13.7. The van der Waals surface area contributed by atoms with E-state index in [1.165, 1.54) is 0 Å². The zero-order valence-electron chi connectivity index (χ0n) is 11.5. The molecule has 2 N–H and O–H groups in total. The van der Waals surface area contributed by atoms with Gasteiger partial charge in [-0.25, -0.2) is 4.79 Å². The van der Waals surface area contributed by atoms with Gasteiger partial charge in [0.15, 0.2) is 0 Å². The van der Waals surface area contributed by atoms with E-state index < -0.39 is 11.9 Å². The lowest BCUT2D eigenvalue weighted by Gasteiger charge is -2.36. The van der Waals surface area contributed by atoms with Crippen molar-refractivity contribution in [3.8, 4) is 0 Å². The number of nitrogens with one attached hydrogen (secondary N) is 1. The van der Waals surface area contributed by atoms with Crippen molar-refractivity contribution in [3.63, 3.8) is 0 Å². The van der Waals surface area contributed by atoms with Gasteiger partial charge in [-0.15, -0.1) is 0 Å². The van der Waals surface area contributed by atoms with Crippen LogP contribution in [0.15, 0.2) is 0 Å². The van der Waals surface area contributed by atoms with E-state index in [4.69, 9.17) is 5.11 Å². The molecule has 0 radical (unpaired) electrons. The normalized spacial score (nSPS) is 25.6. The highest BCUT2D eigenvalue weighted by atomic mass is 16.4. The topological polar surface area (TPSA) is 69.6 Å². The summed E-state index contributed by atoms with van der Waals surface area (Å²) >= 11 is 0. The highest BCUT2D eigenvalue weighted by molar-refractivity contribution is 5.76. The summed E-state index contributed by atoms with van der Waals surface area (Å²) in [4.78, 5) is 24.7. The van der Waals surface area contributed by atoms with Gasteiger partial charge in [-0.3, -0.25) is 4.79 Å². The van der Waals surface area contributed by atoms with Crippen molar-refractivity contribution in [3.05, 3.63) is 0 Å². The number of urea groups is 1. The average Bonchev–Trinajstić information content (AvgIpc) is 2.28. The van der Waals surface area contributed by atoms with Gasteiger partial charge in [0.05, 0.1) is 5.92 Å². The maximum Gasteiger partial charge on any atom is 0.317 e. The predicted molar refractivity (Wildman–Crippen MR) is 69.4 cm³/mol. The maximum atomic E-state index is 12.0. The Bertz CT molecular complexity index is 307. The van der Waals surface area contributed by atoms with Gasteiger partial charge in [0.2, 0.25) is 0 Å². The van der Waals surface area contributed by atoms with Crippen LogP contribution >= 0.6 is 0 Å². The molecule has 3 atom stereocenters. The van der Waals surface area contributed by atoms with Crippen LogP contribution in [0.3, 0.4) is 0 Å². The average molecular weight is 256 g/mol. The maximum absolute atomic E-state index is 12.0. The first-order chi connectivity index (χ1) is 8.45. The minimum Gasteiger partial charge on any atom is -0.481 e. The Balaban J connectivity index is 2.43. The molecule has 0 bridgehead atoms. The Kier molecular flexibility index (Phi) is 5.44. The first-order valence-corrected chi connectivity index (χ1v) is 6.73. The highest BCUT2D eigenvalue weighted by Crippen LogP contribution is 2.21. The minimum absolute atomic E-state index is 0.130. The molecule has 1 aliphatic rings. The quantitative estimate of drug-likeness (QED) is 0.807. The van der Waals surface area contributed by atoms with Crippen LogP contribution in [0.5, 0.6) is 0 Å². The first kappa shape index (κ1) is 14.8. The number of amides is 2. The lowest BCUT2D eigenvalue weighted by atomic mass is 9.94. The summed E-state index contributed by atoms with van der Waals surface area (Å²) < 4.78 is 0. The lowest BCUT2D eigenvalue weighted by molar-refractivity contribution is -0.141. The summed E-state index contributed by atoms with van der Waals surface area (Å²) in [5, 5.41) is 11.7. The summed E-state index contributed by atoms with van der Waals surface area (Å²) in [6.07, 6.45) is 2.57. The number of likely N-dealkylation sites (tertiary alicyclic amines) is 1. The molecule has 0 spiro atoms. The Hall–Kier alpha value is -1.26. The van der Waals surface area contributed by atoms with Crippen molar-refractivity contribution in [1.29, 1.82) is 0 Å². The lowest BCUT2D eigenvalue weighted by Crippen LogP contribution is -2.50. The number of carboxylic acids is 1. The molecule has 104 valence electrons. The summed E-state index contributed by atoms with van der Waals surface area (Å²) in [6, 6.07) is 0.104. The highest BCUT2D eigenvalue weighted by Gasteiger charge is 2.27. The molecule has 1 rings (SSSR count). The summed E-state index contributed by atoms with van der Waals surface area (Å²) in [6.45, 7) is 7.03. The molecule has 1 fully saturated rings. The van der Waals surface area contributed by atoms with Crippen LogP contribution < -0.4 is 5.32 Å². The fourth-order valence-corrected chi connectivity index (χ4v) is 2.43. The first-order valence-electron chi connectivity index (χ1n) is 6.73. The van der Waals surface area contributed by atoms with E-state index in [9.17, 15) is 9.59 Å².